The molecule has 1 aromatic heterocycles. The van der Waals surface area contributed by atoms with Gasteiger partial charge in [0.05, 0.1) is 16.7 Å². The molecule has 0 unspecified atom stereocenters. The van der Waals surface area contributed by atoms with E-state index >= 15 is 0 Å². The maximum atomic E-state index is 12.7. The number of nitrogens with zero attached hydrogens (tertiary/aromatic N) is 2. The minimum Gasteiger partial charge on any atom is -0.247 e. The summed E-state index contributed by atoms with van der Waals surface area (Å²) < 4.78 is 29.7. The van der Waals surface area contributed by atoms with Crippen molar-refractivity contribution in [3.63, 3.8) is 0 Å². The van der Waals surface area contributed by atoms with Crippen LogP contribution < -0.4 is 4.72 Å². The minimum absolute atomic E-state index is 0.275. The summed E-state index contributed by atoms with van der Waals surface area (Å²) in [5.41, 5.74) is 3.22. The lowest BCUT2D eigenvalue weighted by molar-refractivity contribution is 0.380. The molecule has 1 N–H and O–H groups in total. The summed E-state index contributed by atoms with van der Waals surface area (Å²) in [6.45, 7) is 6.67. The van der Waals surface area contributed by atoms with E-state index in [-0.39, 0.29) is 6.04 Å². The number of thiazole rings is 1. The molecule has 5 nitrogen and oxygen atoms in total. The molecule has 7 heteroatoms. The lowest BCUT2D eigenvalue weighted by atomic mass is 10.0. The average molecular weight is 351 g/mol. The first-order valence-corrected chi connectivity index (χ1v) is 9.90. The second-order valence-electron chi connectivity index (χ2n) is 5.88. The SMILES string of the molecule is Cc1nc(C)c([C@H](C)NS(=O)(=O)N2CCc3ccccc3C2)s1. The van der Waals surface area contributed by atoms with Gasteiger partial charge < -0.3 is 0 Å². The molecule has 3 rings (SSSR count). The summed E-state index contributed by atoms with van der Waals surface area (Å²) in [7, 11) is -3.52. The van der Waals surface area contributed by atoms with Crippen LogP contribution in [0.4, 0.5) is 0 Å². The standard InChI is InChI=1S/C16H21N3O2S2/c1-11-16(22-13(3)17-11)12(2)18-23(20,21)19-9-8-14-6-4-5-7-15(14)10-19/h4-7,12,18H,8-10H2,1-3H3/t12-/m0/s1. The van der Waals surface area contributed by atoms with E-state index in [0.717, 1.165) is 27.6 Å². The Labute approximate surface area is 141 Å². The zero-order valence-corrected chi connectivity index (χ0v) is 15.2. The highest BCUT2D eigenvalue weighted by atomic mass is 32.2. The van der Waals surface area contributed by atoms with Crippen LogP contribution in [-0.2, 0) is 23.2 Å². The van der Waals surface area contributed by atoms with Crippen molar-refractivity contribution >= 4 is 21.5 Å². The van der Waals surface area contributed by atoms with E-state index in [4.69, 9.17) is 0 Å². The second kappa shape index (κ2) is 6.32. The zero-order valence-electron chi connectivity index (χ0n) is 13.5. The molecule has 1 aromatic carbocycles. The number of fused-ring (bicyclic) bond motifs is 1. The summed E-state index contributed by atoms with van der Waals surface area (Å²) in [5.74, 6) is 0. The Kier molecular flexibility index (Phi) is 4.55. The Morgan fingerprint density at radius 2 is 1.96 bits per heavy atom. The summed E-state index contributed by atoms with van der Waals surface area (Å²) in [5, 5.41) is 0.954. The van der Waals surface area contributed by atoms with Crippen molar-refractivity contribution < 1.29 is 8.42 Å². The van der Waals surface area contributed by atoms with Gasteiger partial charge in [-0.1, -0.05) is 24.3 Å². The van der Waals surface area contributed by atoms with Gasteiger partial charge in [-0.25, -0.2) is 4.98 Å². The fraction of sp³-hybridized carbons (Fsp3) is 0.438. The Morgan fingerprint density at radius 1 is 1.26 bits per heavy atom. The van der Waals surface area contributed by atoms with E-state index in [9.17, 15) is 8.42 Å². The lowest BCUT2D eigenvalue weighted by Crippen LogP contribution is -2.44. The highest BCUT2D eigenvalue weighted by Crippen LogP contribution is 2.26. The van der Waals surface area contributed by atoms with Crippen LogP contribution in [0.5, 0.6) is 0 Å². The molecule has 0 aliphatic carbocycles. The molecule has 1 aliphatic heterocycles. The third-order valence-electron chi connectivity index (χ3n) is 4.09. The zero-order chi connectivity index (χ0) is 16.6. The van der Waals surface area contributed by atoms with Gasteiger partial charge in [-0.3, -0.25) is 0 Å². The molecule has 2 heterocycles. The summed E-state index contributed by atoms with van der Waals surface area (Å²) in [4.78, 5) is 5.35. The van der Waals surface area contributed by atoms with Crippen molar-refractivity contribution in [2.24, 2.45) is 0 Å². The topological polar surface area (TPSA) is 62.3 Å². The molecule has 0 bridgehead atoms. The predicted molar refractivity (Wildman–Crippen MR) is 92.6 cm³/mol. The maximum absolute atomic E-state index is 12.7. The minimum atomic E-state index is -3.52. The van der Waals surface area contributed by atoms with E-state index in [1.807, 2.05) is 39.0 Å². The highest BCUT2D eigenvalue weighted by Gasteiger charge is 2.28. The first-order chi connectivity index (χ1) is 10.9. The number of aromatic nitrogens is 1. The molecule has 0 amide bonds. The van der Waals surface area contributed by atoms with Crippen molar-refractivity contribution in [1.29, 1.82) is 0 Å². The fourth-order valence-electron chi connectivity index (χ4n) is 2.98. The number of hydrogen-bond acceptors (Lipinski definition) is 4. The Balaban J connectivity index is 1.76. The largest absolute Gasteiger partial charge is 0.280 e. The highest BCUT2D eigenvalue weighted by molar-refractivity contribution is 7.87. The number of rotatable bonds is 4. The summed E-state index contributed by atoms with van der Waals surface area (Å²) >= 11 is 1.54. The van der Waals surface area contributed by atoms with Crippen LogP contribution in [0.2, 0.25) is 0 Å². The van der Waals surface area contributed by atoms with Crippen molar-refractivity contribution in [3.05, 3.63) is 51.0 Å². The van der Waals surface area contributed by atoms with Crippen molar-refractivity contribution in [2.75, 3.05) is 6.54 Å². The Bertz CT molecular complexity index is 814. The molecule has 2 aromatic rings. The third kappa shape index (κ3) is 3.47. The van der Waals surface area contributed by atoms with E-state index in [1.54, 1.807) is 11.3 Å². The van der Waals surface area contributed by atoms with E-state index in [0.29, 0.717) is 13.1 Å². The van der Waals surface area contributed by atoms with Gasteiger partial charge in [-0.2, -0.15) is 17.4 Å². The molecular formula is C16H21N3O2S2. The smallest absolute Gasteiger partial charge is 0.247 e. The van der Waals surface area contributed by atoms with Crippen molar-refractivity contribution in [1.82, 2.24) is 14.0 Å². The molecule has 124 valence electrons. The number of nitrogens with one attached hydrogen (secondary N) is 1. The summed E-state index contributed by atoms with van der Waals surface area (Å²) in [6.07, 6.45) is 0.754. The molecule has 0 saturated carbocycles. The van der Waals surface area contributed by atoms with E-state index in [1.165, 1.54) is 9.87 Å². The van der Waals surface area contributed by atoms with Crippen LogP contribution in [0.25, 0.3) is 0 Å². The molecule has 1 aliphatic rings. The Hall–Kier alpha value is -1.28. The van der Waals surface area contributed by atoms with Gasteiger partial charge in [-0.15, -0.1) is 11.3 Å². The van der Waals surface area contributed by atoms with Crippen LogP contribution in [0, 0.1) is 13.8 Å². The quantitative estimate of drug-likeness (QED) is 0.921. The molecule has 23 heavy (non-hydrogen) atoms. The molecule has 1 atom stereocenters. The van der Waals surface area contributed by atoms with E-state index < -0.39 is 10.2 Å². The van der Waals surface area contributed by atoms with Crippen LogP contribution in [0.15, 0.2) is 24.3 Å². The third-order valence-corrected chi connectivity index (χ3v) is 6.99. The molecular weight excluding hydrogens is 330 g/mol. The van der Waals surface area contributed by atoms with Gasteiger partial charge in [0.2, 0.25) is 0 Å². The van der Waals surface area contributed by atoms with Crippen LogP contribution in [-0.4, -0.2) is 24.3 Å². The first kappa shape index (κ1) is 16.6. The normalized spacial score (nSPS) is 17.0. The number of aryl methyl sites for hydroxylation is 2. The van der Waals surface area contributed by atoms with Crippen LogP contribution >= 0.6 is 11.3 Å². The lowest BCUT2D eigenvalue weighted by Gasteiger charge is -2.29. The number of benzene rings is 1. The fourth-order valence-corrected chi connectivity index (χ4v) is 5.33. The monoisotopic (exact) mass is 351 g/mol. The van der Waals surface area contributed by atoms with E-state index in [2.05, 4.69) is 15.8 Å². The van der Waals surface area contributed by atoms with Crippen molar-refractivity contribution in [2.45, 2.75) is 39.8 Å². The second-order valence-corrected chi connectivity index (χ2v) is 8.82. The van der Waals surface area contributed by atoms with Gasteiger partial charge in [0.15, 0.2) is 0 Å². The van der Waals surface area contributed by atoms with Crippen LogP contribution in [0.3, 0.4) is 0 Å². The molecule has 0 fully saturated rings. The van der Waals surface area contributed by atoms with Gasteiger partial charge in [0.25, 0.3) is 10.2 Å². The van der Waals surface area contributed by atoms with Gasteiger partial charge in [-0.05, 0) is 38.3 Å². The molecule has 0 spiro atoms. The molecule has 0 radical (unpaired) electrons. The average Bonchev–Trinajstić information content (AvgIpc) is 2.85. The van der Waals surface area contributed by atoms with Gasteiger partial charge in [0, 0.05) is 18.0 Å². The molecule has 0 saturated heterocycles. The summed E-state index contributed by atoms with van der Waals surface area (Å²) in [6, 6.07) is 7.74. The van der Waals surface area contributed by atoms with Gasteiger partial charge >= 0.3 is 0 Å². The maximum Gasteiger partial charge on any atom is 0.280 e. The van der Waals surface area contributed by atoms with Crippen molar-refractivity contribution in [3.8, 4) is 0 Å². The predicted octanol–water partition coefficient (Wildman–Crippen LogP) is 2.71. The Morgan fingerprint density at radius 3 is 2.61 bits per heavy atom. The van der Waals surface area contributed by atoms with Gasteiger partial charge in [0.1, 0.15) is 0 Å². The first-order valence-electron chi connectivity index (χ1n) is 7.65. The van der Waals surface area contributed by atoms with Crippen LogP contribution in [0.1, 0.15) is 39.7 Å². The number of hydrogen-bond donors (Lipinski definition) is 1.